The number of hydrogen-bond donors (Lipinski definition) is 2. The lowest BCUT2D eigenvalue weighted by Gasteiger charge is -2.34. The number of pyridine rings is 1. The second kappa shape index (κ2) is 8.61. The predicted molar refractivity (Wildman–Crippen MR) is 116 cm³/mol. The summed E-state index contributed by atoms with van der Waals surface area (Å²) in [4.78, 5) is 42.7. The molecular weight excluding hydrogens is 443 g/mol. The number of nitrogens with zero attached hydrogens (tertiary/aromatic N) is 2. The highest BCUT2D eigenvalue weighted by Gasteiger charge is 2.37. The van der Waals surface area contributed by atoms with E-state index >= 15 is 0 Å². The molecule has 0 radical (unpaired) electrons. The quantitative estimate of drug-likeness (QED) is 0.401. The van der Waals surface area contributed by atoms with E-state index in [1.165, 1.54) is 12.3 Å². The molecule has 4 rings (SSSR count). The average Bonchev–Trinajstić information content (AvgIpc) is 3.27. The Labute approximate surface area is 189 Å². The summed E-state index contributed by atoms with van der Waals surface area (Å²) in [5.41, 5.74) is 0.854. The van der Waals surface area contributed by atoms with Crippen LogP contribution in [0.25, 0.3) is 0 Å². The summed E-state index contributed by atoms with van der Waals surface area (Å²) in [5.74, 6) is -1.94. The maximum atomic E-state index is 13.1. The maximum absolute atomic E-state index is 13.1. The number of fused-ring (bicyclic) bond motifs is 1. The van der Waals surface area contributed by atoms with Gasteiger partial charge in [0.2, 0.25) is 0 Å². The van der Waals surface area contributed by atoms with Crippen LogP contribution in [-0.4, -0.2) is 45.9 Å². The second-order valence-electron chi connectivity index (χ2n) is 8.02. The van der Waals surface area contributed by atoms with Gasteiger partial charge < -0.3 is 19.9 Å². The Hall–Kier alpha value is -2.42. The molecule has 0 aliphatic carbocycles. The zero-order valence-electron chi connectivity index (χ0n) is 17.0. The van der Waals surface area contributed by atoms with Crippen LogP contribution in [0.3, 0.4) is 0 Å². The van der Waals surface area contributed by atoms with Crippen molar-refractivity contribution in [3.63, 3.8) is 0 Å². The Bertz CT molecular complexity index is 1060. The van der Waals surface area contributed by atoms with E-state index in [1.807, 2.05) is 6.92 Å². The standard InChI is InChI=1S/C21H22Cl2N4O4/c1-21(5-9-31-10-6-21)26-20(30)18(28)17-16(23)15(13-3-2-8-27(13)17)19(29)25-12-4-7-24-14(22)11-12/h4,7,11H,2-3,5-6,8-10H2,1H3,(H,26,30)(H,24,25,29). The van der Waals surface area contributed by atoms with Gasteiger partial charge in [-0.1, -0.05) is 23.2 Å². The molecule has 1 fully saturated rings. The first kappa shape index (κ1) is 21.8. The summed E-state index contributed by atoms with van der Waals surface area (Å²) < 4.78 is 7.02. The van der Waals surface area contributed by atoms with Gasteiger partial charge in [0.15, 0.2) is 0 Å². The van der Waals surface area contributed by atoms with Gasteiger partial charge in [0, 0.05) is 42.9 Å². The van der Waals surface area contributed by atoms with Crippen molar-refractivity contribution in [1.29, 1.82) is 0 Å². The molecule has 0 aromatic carbocycles. The Morgan fingerprint density at radius 3 is 2.68 bits per heavy atom. The lowest BCUT2D eigenvalue weighted by Crippen LogP contribution is -2.51. The zero-order valence-corrected chi connectivity index (χ0v) is 18.5. The number of hydrogen-bond acceptors (Lipinski definition) is 5. The number of nitrogens with one attached hydrogen (secondary N) is 2. The summed E-state index contributed by atoms with van der Waals surface area (Å²) >= 11 is 12.4. The fourth-order valence-corrected chi connectivity index (χ4v) is 4.61. The highest BCUT2D eigenvalue weighted by Crippen LogP contribution is 2.34. The topological polar surface area (TPSA) is 102 Å². The fourth-order valence-electron chi connectivity index (χ4n) is 4.06. The summed E-state index contributed by atoms with van der Waals surface area (Å²) in [5, 5.41) is 5.80. The van der Waals surface area contributed by atoms with E-state index in [-0.39, 0.29) is 21.4 Å². The Balaban J connectivity index is 1.61. The van der Waals surface area contributed by atoms with Crippen LogP contribution >= 0.6 is 23.2 Å². The molecule has 0 saturated carbocycles. The molecule has 0 unspecified atom stereocenters. The van der Waals surface area contributed by atoms with Crippen LogP contribution < -0.4 is 10.6 Å². The van der Waals surface area contributed by atoms with Crippen molar-refractivity contribution in [2.45, 2.75) is 44.7 Å². The third-order valence-electron chi connectivity index (χ3n) is 5.75. The van der Waals surface area contributed by atoms with Crippen molar-refractivity contribution in [3.05, 3.63) is 45.5 Å². The summed E-state index contributed by atoms with van der Waals surface area (Å²) in [6.45, 7) is 3.46. The number of amides is 2. The highest BCUT2D eigenvalue weighted by molar-refractivity contribution is 6.48. The SMILES string of the molecule is CC1(NC(=O)C(=O)c2c(Cl)c(C(=O)Nc3ccnc(Cl)c3)c3n2CCC3)CCOCC1. The second-order valence-corrected chi connectivity index (χ2v) is 8.78. The Morgan fingerprint density at radius 1 is 1.23 bits per heavy atom. The van der Waals surface area contributed by atoms with Gasteiger partial charge in [0.25, 0.3) is 17.6 Å². The number of aromatic nitrogens is 2. The molecule has 0 bridgehead atoms. The van der Waals surface area contributed by atoms with E-state index in [9.17, 15) is 14.4 Å². The molecule has 4 heterocycles. The van der Waals surface area contributed by atoms with Crippen molar-refractivity contribution < 1.29 is 19.1 Å². The minimum Gasteiger partial charge on any atom is -0.381 e. The average molecular weight is 465 g/mol. The third-order valence-corrected chi connectivity index (χ3v) is 6.33. The molecule has 2 amide bonds. The van der Waals surface area contributed by atoms with E-state index in [4.69, 9.17) is 27.9 Å². The van der Waals surface area contributed by atoms with Gasteiger partial charge in [0.1, 0.15) is 10.8 Å². The molecule has 8 nitrogen and oxygen atoms in total. The van der Waals surface area contributed by atoms with E-state index in [0.717, 1.165) is 6.42 Å². The number of anilines is 1. The van der Waals surface area contributed by atoms with Crippen molar-refractivity contribution in [3.8, 4) is 0 Å². The number of carbonyl (C=O) groups excluding carboxylic acids is 3. The molecule has 2 aliphatic heterocycles. The number of rotatable bonds is 5. The minimum atomic E-state index is -0.744. The monoisotopic (exact) mass is 464 g/mol. The molecule has 164 valence electrons. The maximum Gasteiger partial charge on any atom is 0.294 e. The van der Waals surface area contributed by atoms with Crippen LogP contribution in [0.4, 0.5) is 5.69 Å². The van der Waals surface area contributed by atoms with Gasteiger partial charge in [0.05, 0.1) is 10.6 Å². The first-order valence-corrected chi connectivity index (χ1v) is 10.8. The van der Waals surface area contributed by atoms with Crippen molar-refractivity contribution in [2.24, 2.45) is 0 Å². The van der Waals surface area contributed by atoms with E-state index < -0.39 is 23.1 Å². The highest BCUT2D eigenvalue weighted by atomic mass is 35.5. The van der Waals surface area contributed by atoms with Crippen molar-refractivity contribution in [1.82, 2.24) is 14.9 Å². The number of Topliss-reactive ketones (excluding diaryl/α,β-unsaturated/α-hetero) is 1. The van der Waals surface area contributed by atoms with Gasteiger partial charge in [-0.15, -0.1) is 0 Å². The van der Waals surface area contributed by atoms with Crippen LogP contribution in [0.15, 0.2) is 18.3 Å². The molecule has 2 aromatic rings. The van der Waals surface area contributed by atoms with Gasteiger partial charge in [-0.3, -0.25) is 14.4 Å². The molecule has 0 atom stereocenters. The Kier molecular flexibility index (Phi) is 6.05. The number of ether oxygens (including phenoxy) is 1. The summed E-state index contributed by atoms with van der Waals surface area (Å²) in [7, 11) is 0. The molecule has 2 aliphatic rings. The van der Waals surface area contributed by atoms with Crippen molar-refractivity contribution >= 4 is 46.5 Å². The van der Waals surface area contributed by atoms with E-state index in [1.54, 1.807) is 10.6 Å². The molecule has 2 N–H and O–H groups in total. The van der Waals surface area contributed by atoms with Crippen LogP contribution in [0, 0.1) is 0 Å². The first-order valence-electron chi connectivity index (χ1n) is 10.1. The Morgan fingerprint density at radius 2 is 1.97 bits per heavy atom. The van der Waals surface area contributed by atoms with Crippen molar-refractivity contribution in [2.75, 3.05) is 18.5 Å². The number of ketones is 1. The lowest BCUT2D eigenvalue weighted by atomic mass is 9.92. The van der Waals surface area contributed by atoms with Gasteiger partial charge in [-0.25, -0.2) is 4.98 Å². The molecule has 2 aromatic heterocycles. The zero-order chi connectivity index (χ0) is 22.2. The fraction of sp³-hybridized carbons (Fsp3) is 0.429. The van der Waals surface area contributed by atoms with E-state index in [0.29, 0.717) is 50.4 Å². The summed E-state index contributed by atoms with van der Waals surface area (Å²) in [6.07, 6.45) is 4.05. The molecular formula is C21H22Cl2N4O4. The smallest absolute Gasteiger partial charge is 0.294 e. The largest absolute Gasteiger partial charge is 0.381 e. The number of carbonyl (C=O) groups is 3. The molecule has 1 saturated heterocycles. The van der Waals surface area contributed by atoms with Crippen LogP contribution in [0.2, 0.25) is 10.2 Å². The van der Waals surface area contributed by atoms with Crippen LogP contribution in [0.5, 0.6) is 0 Å². The van der Waals surface area contributed by atoms with Gasteiger partial charge in [-0.05, 0) is 44.7 Å². The first-order chi connectivity index (χ1) is 14.8. The molecule has 10 heteroatoms. The normalized spacial score (nSPS) is 17.1. The van der Waals surface area contributed by atoms with Gasteiger partial charge in [-0.2, -0.15) is 0 Å². The minimum absolute atomic E-state index is 0.00960. The number of halogens is 2. The summed E-state index contributed by atoms with van der Waals surface area (Å²) in [6, 6.07) is 3.11. The third kappa shape index (κ3) is 4.33. The predicted octanol–water partition coefficient (Wildman–Crippen LogP) is 3.26. The molecule has 0 spiro atoms. The van der Waals surface area contributed by atoms with E-state index in [2.05, 4.69) is 15.6 Å². The van der Waals surface area contributed by atoms with Crippen LogP contribution in [0.1, 0.15) is 52.7 Å². The van der Waals surface area contributed by atoms with Gasteiger partial charge >= 0.3 is 0 Å². The van der Waals surface area contributed by atoms with Crippen LogP contribution in [-0.2, 0) is 22.5 Å². The molecule has 31 heavy (non-hydrogen) atoms. The lowest BCUT2D eigenvalue weighted by molar-refractivity contribution is -0.119.